The third-order valence-electron chi connectivity index (χ3n) is 5.39. The largest absolute Gasteiger partial charge is 0.481 e. The quantitative estimate of drug-likeness (QED) is 0.934. The van der Waals surface area contributed by atoms with Crippen LogP contribution in [0.2, 0.25) is 0 Å². The van der Waals surface area contributed by atoms with E-state index in [0.29, 0.717) is 25.3 Å². The van der Waals surface area contributed by atoms with Crippen LogP contribution in [0.3, 0.4) is 0 Å². The zero-order valence-corrected chi connectivity index (χ0v) is 13.2. The second-order valence-electron chi connectivity index (χ2n) is 6.76. The van der Waals surface area contributed by atoms with Gasteiger partial charge in [0, 0.05) is 18.5 Å². The predicted octanol–water partition coefficient (Wildman–Crippen LogP) is 2.81. The third-order valence-corrected chi connectivity index (χ3v) is 5.39. The van der Waals surface area contributed by atoms with Gasteiger partial charge in [-0.05, 0) is 44.2 Å². The van der Waals surface area contributed by atoms with Crippen LogP contribution in [0.4, 0.5) is 0 Å². The molecule has 1 aromatic rings. The molecule has 4 atom stereocenters. The zero-order chi connectivity index (χ0) is 15.9. The molecular weight excluding hydrogens is 278 g/mol. The number of carboxylic acids is 1. The summed E-state index contributed by atoms with van der Waals surface area (Å²) in [5.74, 6) is -1.20. The van der Waals surface area contributed by atoms with Crippen LogP contribution in [0, 0.1) is 18.8 Å². The van der Waals surface area contributed by atoms with E-state index in [1.54, 1.807) is 0 Å². The van der Waals surface area contributed by atoms with E-state index in [-0.39, 0.29) is 17.9 Å². The third kappa shape index (κ3) is 2.51. The Bertz CT molecular complexity index is 598. The SMILES string of the molecule is Cc1ccccc1C1CC(C)N(C(=O)C2CCC2C(=O)O)C1. The van der Waals surface area contributed by atoms with Crippen LogP contribution < -0.4 is 0 Å². The Kier molecular flexibility index (Phi) is 3.94. The number of carbonyl (C=O) groups is 2. The normalized spacial score (nSPS) is 30.9. The Labute approximate surface area is 131 Å². The summed E-state index contributed by atoms with van der Waals surface area (Å²) >= 11 is 0. The van der Waals surface area contributed by atoms with Gasteiger partial charge in [-0.15, -0.1) is 0 Å². The number of nitrogens with zero attached hydrogens (tertiary/aromatic N) is 1. The molecule has 22 heavy (non-hydrogen) atoms. The average Bonchev–Trinajstić information content (AvgIpc) is 2.79. The van der Waals surface area contributed by atoms with Gasteiger partial charge >= 0.3 is 5.97 Å². The molecule has 1 heterocycles. The molecule has 1 saturated heterocycles. The van der Waals surface area contributed by atoms with E-state index < -0.39 is 11.9 Å². The fourth-order valence-corrected chi connectivity index (χ4v) is 3.91. The second-order valence-corrected chi connectivity index (χ2v) is 6.76. The lowest BCUT2D eigenvalue weighted by atomic mass is 9.73. The highest BCUT2D eigenvalue weighted by Crippen LogP contribution is 2.40. The molecule has 118 valence electrons. The summed E-state index contributed by atoms with van der Waals surface area (Å²) in [7, 11) is 0. The average molecular weight is 301 g/mol. The summed E-state index contributed by atoms with van der Waals surface area (Å²) in [6, 6.07) is 8.52. The van der Waals surface area contributed by atoms with Crippen LogP contribution in [0.15, 0.2) is 24.3 Å². The molecule has 1 aliphatic carbocycles. The maximum Gasteiger partial charge on any atom is 0.307 e. The van der Waals surface area contributed by atoms with Crippen molar-refractivity contribution < 1.29 is 14.7 Å². The van der Waals surface area contributed by atoms with Gasteiger partial charge < -0.3 is 10.0 Å². The monoisotopic (exact) mass is 301 g/mol. The fourth-order valence-electron chi connectivity index (χ4n) is 3.91. The van der Waals surface area contributed by atoms with Crippen molar-refractivity contribution >= 4 is 11.9 Å². The summed E-state index contributed by atoms with van der Waals surface area (Å²) in [6.07, 6.45) is 2.31. The topological polar surface area (TPSA) is 57.6 Å². The Balaban J connectivity index is 1.73. The summed E-state index contributed by atoms with van der Waals surface area (Å²) in [4.78, 5) is 25.7. The van der Waals surface area contributed by atoms with Gasteiger partial charge in [-0.3, -0.25) is 9.59 Å². The number of hydrogen-bond acceptors (Lipinski definition) is 2. The number of rotatable bonds is 3. The van der Waals surface area contributed by atoms with E-state index in [2.05, 4.69) is 26.0 Å². The van der Waals surface area contributed by atoms with Crippen molar-refractivity contribution in [2.75, 3.05) is 6.54 Å². The summed E-state index contributed by atoms with van der Waals surface area (Å²) in [5, 5.41) is 9.16. The van der Waals surface area contributed by atoms with Crippen molar-refractivity contribution in [1.82, 2.24) is 4.90 Å². The van der Waals surface area contributed by atoms with E-state index in [0.717, 1.165) is 6.42 Å². The molecule has 1 aliphatic heterocycles. The van der Waals surface area contributed by atoms with Gasteiger partial charge in [0.2, 0.25) is 5.91 Å². The number of benzene rings is 1. The molecule has 1 amide bonds. The van der Waals surface area contributed by atoms with Crippen LogP contribution in [0.5, 0.6) is 0 Å². The Morgan fingerprint density at radius 1 is 1.18 bits per heavy atom. The van der Waals surface area contributed by atoms with Gasteiger partial charge in [-0.2, -0.15) is 0 Å². The van der Waals surface area contributed by atoms with Crippen LogP contribution in [-0.2, 0) is 9.59 Å². The van der Waals surface area contributed by atoms with E-state index in [9.17, 15) is 9.59 Å². The highest BCUT2D eigenvalue weighted by molar-refractivity contribution is 5.86. The number of aryl methyl sites for hydroxylation is 1. The molecule has 2 aliphatic rings. The number of likely N-dealkylation sites (tertiary alicyclic amines) is 1. The lowest BCUT2D eigenvalue weighted by molar-refractivity contribution is -0.156. The number of aliphatic carboxylic acids is 1. The van der Waals surface area contributed by atoms with Crippen molar-refractivity contribution in [3.05, 3.63) is 35.4 Å². The standard InChI is InChI=1S/C18H23NO3/c1-11-5-3-4-6-14(11)13-9-12(2)19(10-13)17(20)15-7-8-16(15)18(21)22/h3-6,12-13,15-16H,7-10H2,1-2H3,(H,21,22). The molecule has 2 fully saturated rings. The Hall–Kier alpha value is -1.84. The molecule has 4 heteroatoms. The van der Waals surface area contributed by atoms with Gasteiger partial charge in [0.05, 0.1) is 11.8 Å². The molecule has 0 spiro atoms. The maximum absolute atomic E-state index is 12.7. The number of amides is 1. The molecule has 0 bridgehead atoms. The highest BCUT2D eigenvalue weighted by Gasteiger charge is 2.45. The number of hydrogen-bond donors (Lipinski definition) is 1. The minimum atomic E-state index is -0.827. The number of carbonyl (C=O) groups excluding carboxylic acids is 1. The Morgan fingerprint density at radius 3 is 2.45 bits per heavy atom. The number of carboxylic acid groups (broad SMARTS) is 1. The summed E-state index contributed by atoms with van der Waals surface area (Å²) < 4.78 is 0. The molecule has 0 radical (unpaired) electrons. The van der Waals surface area contributed by atoms with Gasteiger partial charge in [-0.1, -0.05) is 24.3 Å². The molecule has 1 aromatic carbocycles. The first kappa shape index (κ1) is 15.1. The summed E-state index contributed by atoms with van der Waals surface area (Å²) in [5.41, 5.74) is 2.58. The first-order valence-corrected chi connectivity index (χ1v) is 8.08. The Morgan fingerprint density at radius 2 is 1.86 bits per heavy atom. The highest BCUT2D eigenvalue weighted by atomic mass is 16.4. The molecular formula is C18H23NO3. The fraction of sp³-hybridized carbons (Fsp3) is 0.556. The van der Waals surface area contributed by atoms with Gasteiger partial charge in [0.1, 0.15) is 0 Å². The van der Waals surface area contributed by atoms with Crippen LogP contribution in [0.25, 0.3) is 0 Å². The van der Waals surface area contributed by atoms with Gasteiger partial charge in [-0.25, -0.2) is 0 Å². The van der Waals surface area contributed by atoms with Crippen LogP contribution in [-0.4, -0.2) is 34.5 Å². The lowest BCUT2D eigenvalue weighted by Gasteiger charge is -2.36. The second kappa shape index (κ2) is 5.75. The van der Waals surface area contributed by atoms with E-state index in [4.69, 9.17) is 5.11 Å². The molecule has 1 N–H and O–H groups in total. The van der Waals surface area contributed by atoms with Crippen molar-refractivity contribution in [2.45, 2.75) is 45.1 Å². The van der Waals surface area contributed by atoms with Crippen molar-refractivity contribution in [1.29, 1.82) is 0 Å². The first-order chi connectivity index (χ1) is 10.5. The first-order valence-electron chi connectivity index (χ1n) is 8.08. The van der Waals surface area contributed by atoms with E-state index in [1.165, 1.54) is 11.1 Å². The van der Waals surface area contributed by atoms with E-state index >= 15 is 0 Å². The zero-order valence-electron chi connectivity index (χ0n) is 13.2. The molecule has 0 aromatic heterocycles. The molecule has 4 nitrogen and oxygen atoms in total. The minimum absolute atomic E-state index is 0.0437. The summed E-state index contributed by atoms with van der Waals surface area (Å²) in [6.45, 7) is 4.90. The van der Waals surface area contributed by atoms with E-state index in [1.807, 2.05) is 17.0 Å². The van der Waals surface area contributed by atoms with Crippen molar-refractivity contribution in [3.8, 4) is 0 Å². The molecule has 4 unspecified atom stereocenters. The lowest BCUT2D eigenvalue weighted by Crippen LogP contribution is -2.47. The minimum Gasteiger partial charge on any atom is -0.481 e. The maximum atomic E-state index is 12.7. The smallest absolute Gasteiger partial charge is 0.307 e. The van der Waals surface area contributed by atoms with Crippen LogP contribution in [0.1, 0.15) is 43.2 Å². The van der Waals surface area contributed by atoms with Gasteiger partial charge in [0.15, 0.2) is 0 Å². The molecule has 3 rings (SSSR count). The van der Waals surface area contributed by atoms with Gasteiger partial charge in [0.25, 0.3) is 0 Å². The van der Waals surface area contributed by atoms with Crippen molar-refractivity contribution in [3.63, 3.8) is 0 Å². The van der Waals surface area contributed by atoms with Crippen LogP contribution >= 0.6 is 0 Å². The van der Waals surface area contributed by atoms with Crippen molar-refractivity contribution in [2.24, 2.45) is 11.8 Å². The predicted molar refractivity (Wildman–Crippen MR) is 83.6 cm³/mol. The molecule has 1 saturated carbocycles.